The lowest BCUT2D eigenvalue weighted by Crippen LogP contribution is -2.34. The van der Waals surface area contributed by atoms with E-state index in [9.17, 15) is 33.0 Å². The number of carbonyl (C=O) groups excluding carboxylic acids is 2. The van der Waals surface area contributed by atoms with Gasteiger partial charge in [0.1, 0.15) is 5.82 Å². The van der Waals surface area contributed by atoms with Crippen LogP contribution in [0.2, 0.25) is 0 Å². The second-order valence-corrected chi connectivity index (χ2v) is 10.6. The van der Waals surface area contributed by atoms with Crippen molar-refractivity contribution in [1.29, 1.82) is 0 Å². The molecule has 2 unspecified atom stereocenters. The van der Waals surface area contributed by atoms with Crippen molar-refractivity contribution >= 4 is 11.6 Å². The maximum atomic E-state index is 14.6. The van der Waals surface area contributed by atoms with Crippen LogP contribution in [0.15, 0.2) is 60.7 Å². The molecule has 1 saturated heterocycles. The fraction of sp³-hybridized carbons (Fsp3) is 0.333. The summed E-state index contributed by atoms with van der Waals surface area (Å²) in [5.41, 5.74) is 0.192. The molecule has 0 radical (unpaired) electrons. The van der Waals surface area contributed by atoms with Gasteiger partial charge in [-0.2, -0.15) is 0 Å². The lowest BCUT2D eigenvalue weighted by atomic mass is 9.91. The summed E-state index contributed by atoms with van der Waals surface area (Å²) in [5.74, 6) is -3.21. The highest BCUT2D eigenvalue weighted by Crippen LogP contribution is 2.45. The predicted octanol–water partition coefficient (Wildman–Crippen LogP) is 4.57. The first-order valence-corrected chi connectivity index (χ1v) is 12.7. The fourth-order valence-electron chi connectivity index (χ4n) is 5.81. The lowest BCUT2D eigenvalue weighted by Gasteiger charge is -2.26. The van der Waals surface area contributed by atoms with Gasteiger partial charge >= 0.3 is 0 Å². The maximum Gasteiger partial charge on any atom is 0.200 e. The molecule has 0 bridgehead atoms. The van der Waals surface area contributed by atoms with E-state index in [0.717, 1.165) is 23.8 Å². The summed E-state index contributed by atoms with van der Waals surface area (Å²) in [4.78, 5) is 27.1. The number of benzene rings is 3. The van der Waals surface area contributed by atoms with Gasteiger partial charge in [-0.3, -0.25) is 14.5 Å². The van der Waals surface area contributed by atoms with Crippen LogP contribution in [0.4, 0.5) is 13.2 Å². The highest BCUT2D eigenvalue weighted by Gasteiger charge is 2.48. The van der Waals surface area contributed by atoms with E-state index in [4.69, 9.17) is 4.74 Å². The van der Waals surface area contributed by atoms with E-state index in [0.29, 0.717) is 32.4 Å². The molecule has 1 aliphatic heterocycles. The van der Waals surface area contributed by atoms with E-state index in [1.165, 1.54) is 30.3 Å². The Labute approximate surface area is 223 Å². The van der Waals surface area contributed by atoms with E-state index >= 15 is 0 Å². The monoisotopic (exact) mass is 539 g/mol. The second kappa shape index (κ2) is 10.8. The smallest absolute Gasteiger partial charge is 0.200 e. The van der Waals surface area contributed by atoms with Crippen LogP contribution in [-0.2, 0) is 6.42 Å². The fourth-order valence-corrected chi connectivity index (χ4v) is 5.81. The number of rotatable bonds is 9. The minimum Gasteiger partial charge on any atom is -0.505 e. The number of Topliss-reactive ketones (excluding diaryl/α,β-unsaturated/α-hetero) is 2. The van der Waals surface area contributed by atoms with E-state index in [1.807, 2.05) is 4.90 Å². The largest absolute Gasteiger partial charge is 0.505 e. The standard InChI is InChI=1S/C30H28F3NO5/c31-23-5-1-18(2-6-23)11-30(38)12-21-14-34(15-22(21)13-30)16-27(36)19-4-8-29(25(33)10-19)39-17-28(37)20-3-7-26(35)24(32)9-20/h1-10,21-22,35,38H,11-17H2. The average molecular weight is 540 g/mol. The Hall–Kier alpha value is -3.69. The molecular formula is C30H28F3NO5. The second-order valence-electron chi connectivity index (χ2n) is 10.6. The SMILES string of the molecule is O=C(COc1ccc(C(=O)CN2CC3CC(O)(Cc4ccc(F)cc4)CC3C2)cc1F)c1ccc(O)c(F)c1. The molecule has 204 valence electrons. The number of carbonyl (C=O) groups is 2. The van der Waals surface area contributed by atoms with Crippen molar-refractivity contribution in [1.82, 2.24) is 4.90 Å². The molecule has 5 rings (SSSR count). The first kappa shape index (κ1) is 26.9. The van der Waals surface area contributed by atoms with Gasteiger partial charge < -0.3 is 14.9 Å². The molecule has 3 aromatic rings. The van der Waals surface area contributed by atoms with Crippen molar-refractivity contribution in [2.45, 2.75) is 24.9 Å². The highest BCUT2D eigenvalue weighted by atomic mass is 19.1. The van der Waals surface area contributed by atoms with Gasteiger partial charge in [0, 0.05) is 30.6 Å². The molecule has 9 heteroatoms. The number of hydrogen-bond acceptors (Lipinski definition) is 6. The van der Waals surface area contributed by atoms with Crippen molar-refractivity contribution in [2.24, 2.45) is 11.8 Å². The van der Waals surface area contributed by atoms with Gasteiger partial charge in [0.15, 0.2) is 41.3 Å². The van der Waals surface area contributed by atoms with Crippen LogP contribution in [0.5, 0.6) is 11.5 Å². The zero-order chi connectivity index (χ0) is 27.7. The highest BCUT2D eigenvalue weighted by molar-refractivity contribution is 5.98. The number of ketones is 2. The molecule has 2 fully saturated rings. The van der Waals surface area contributed by atoms with E-state index < -0.39 is 35.4 Å². The molecule has 3 aromatic carbocycles. The molecule has 0 aromatic heterocycles. The minimum absolute atomic E-state index is 0.0261. The number of hydrogen-bond donors (Lipinski definition) is 2. The van der Waals surface area contributed by atoms with Crippen molar-refractivity contribution in [3.8, 4) is 11.5 Å². The summed E-state index contributed by atoms with van der Waals surface area (Å²) in [6.07, 6.45) is 1.68. The van der Waals surface area contributed by atoms with E-state index in [-0.39, 0.29) is 46.9 Å². The number of likely N-dealkylation sites (tertiary alicyclic amines) is 1. The average Bonchev–Trinajstić information content (AvgIpc) is 3.39. The molecule has 6 nitrogen and oxygen atoms in total. The summed E-state index contributed by atoms with van der Waals surface area (Å²) in [6, 6.07) is 13.1. The predicted molar refractivity (Wildman–Crippen MR) is 136 cm³/mol. The lowest BCUT2D eigenvalue weighted by molar-refractivity contribution is 0.0355. The zero-order valence-electron chi connectivity index (χ0n) is 21.1. The Bertz CT molecular complexity index is 1380. The van der Waals surface area contributed by atoms with Gasteiger partial charge in [0.2, 0.25) is 0 Å². The van der Waals surface area contributed by atoms with Crippen LogP contribution < -0.4 is 4.74 Å². The third kappa shape index (κ3) is 6.15. The molecule has 2 aliphatic rings. The van der Waals surface area contributed by atoms with Gasteiger partial charge in [-0.15, -0.1) is 0 Å². The molecule has 1 heterocycles. The number of nitrogens with zero attached hydrogens (tertiary/aromatic N) is 1. The molecule has 2 N–H and O–H groups in total. The van der Waals surface area contributed by atoms with Gasteiger partial charge in [0.05, 0.1) is 12.1 Å². The Morgan fingerprint density at radius 3 is 2.13 bits per heavy atom. The van der Waals surface area contributed by atoms with Crippen molar-refractivity contribution < 1.29 is 37.7 Å². The Balaban J connectivity index is 1.12. The molecule has 39 heavy (non-hydrogen) atoms. The molecular weight excluding hydrogens is 511 g/mol. The topological polar surface area (TPSA) is 87.1 Å². The summed E-state index contributed by atoms with van der Waals surface area (Å²) < 4.78 is 46.5. The van der Waals surface area contributed by atoms with E-state index in [2.05, 4.69) is 0 Å². The van der Waals surface area contributed by atoms with Gasteiger partial charge in [-0.25, -0.2) is 13.2 Å². The molecule has 0 spiro atoms. The van der Waals surface area contributed by atoms with Gasteiger partial charge in [-0.05, 0) is 78.8 Å². The molecule has 2 atom stereocenters. The summed E-state index contributed by atoms with van der Waals surface area (Å²) >= 11 is 0. The van der Waals surface area contributed by atoms with Crippen LogP contribution >= 0.6 is 0 Å². The molecule has 1 saturated carbocycles. The maximum absolute atomic E-state index is 14.6. The normalized spacial score (nSPS) is 22.6. The van der Waals surface area contributed by atoms with Crippen molar-refractivity contribution in [2.75, 3.05) is 26.2 Å². The Morgan fingerprint density at radius 1 is 0.872 bits per heavy atom. The summed E-state index contributed by atoms with van der Waals surface area (Å²) in [5, 5.41) is 20.3. The third-order valence-electron chi connectivity index (χ3n) is 7.63. The van der Waals surface area contributed by atoms with Crippen molar-refractivity contribution in [3.05, 3.63) is 94.8 Å². The van der Waals surface area contributed by atoms with Crippen LogP contribution in [-0.4, -0.2) is 58.5 Å². The number of phenolic OH excluding ortho intramolecular Hbond substituents is 1. The first-order chi connectivity index (χ1) is 18.6. The Kier molecular flexibility index (Phi) is 7.46. The molecule has 1 aliphatic carbocycles. The van der Waals surface area contributed by atoms with Crippen LogP contribution in [0, 0.1) is 29.3 Å². The van der Waals surface area contributed by atoms with Gasteiger partial charge in [0.25, 0.3) is 0 Å². The summed E-state index contributed by atoms with van der Waals surface area (Å²) in [7, 11) is 0. The number of ether oxygens (including phenoxy) is 1. The molecule has 0 amide bonds. The quantitative estimate of drug-likeness (QED) is 0.388. The van der Waals surface area contributed by atoms with Crippen LogP contribution in [0.1, 0.15) is 39.1 Å². The first-order valence-electron chi connectivity index (χ1n) is 12.7. The Morgan fingerprint density at radius 2 is 1.49 bits per heavy atom. The van der Waals surface area contributed by atoms with Crippen LogP contribution in [0.3, 0.4) is 0 Å². The van der Waals surface area contributed by atoms with Crippen LogP contribution in [0.25, 0.3) is 0 Å². The van der Waals surface area contributed by atoms with Crippen molar-refractivity contribution in [3.63, 3.8) is 0 Å². The minimum atomic E-state index is -0.947. The number of fused-ring (bicyclic) bond motifs is 1. The number of aliphatic hydroxyl groups is 1. The number of phenols is 1. The summed E-state index contributed by atoms with van der Waals surface area (Å²) in [6.45, 7) is 0.893. The number of halogens is 3. The zero-order valence-corrected chi connectivity index (χ0v) is 21.1. The third-order valence-corrected chi connectivity index (χ3v) is 7.63. The number of aromatic hydroxyl groups is 1. The van der Waals surface area contributed by atoms with Gasteiger partial charge in [-0.1, -0.05) is 12.1 Å². The van der Waals surface area contributed by atoms with E-state index in [1.54, 1.807) is 12.1 Å².